The van der Waals surface area contributed by atoms with Crippen molar-refractivity contribution in [1.29, 1.82) is 0 Å². The van der Waals surface area contributed by atoms with Gasteiger partial charge in [0.2, 0.25) is 5.78 Å². The predicted octanol–water partition coefficient (Wildman–Crippen LogP) is 3.00. The van der Waals surface area contributed by atoms with Crippen molar-refractivity contribution in [2.75, 3.05) is 6.61 Å². The first-order valence-corrected chi connectivity index (χ1v) is 11.6. The van der Waals surface area contributed by atoms with E-state index >= 15 is 0 Å². The molecule has 0 aromatic heterocycles. The fourth-order valence-corrected chi connectivity index (χ4v) is 7.71. The average Bonchev–Trinajstić information content (AvgIpc) is 3.05. The summed E-state index contributed by atoms with van der Waals surface area (Å²) in [6.45, 7) is 3.56. The molecule has 2 N–H and O–H groups in total. The van der Waals surface area contributed by atoms with Crippen LogP contribution in [0.25, 0.3) is 0 Å². The number of carboxylic acids is 1. The van der Waals surface area contributed by atoms with Gasteiger partial charge in [0.05, 0.1) is 0 Å². The van der Waals surface area contributed by atoms with Gasteiger partial charge in [-0.1, -0.05) is 19.4 Å². The van der Waals surface area contributed by atoms with Crippen LogP contribution in [0.4, 0.5) is 0 Å². The highest BCUT2D eigenvalue weighted by Crippen LogP contribution is 2.68. The van der Waals surface area contributed by atoms with Crippen molar-refractivity contribution in [3.8, 4) is 0 Å². The normalized spacial score (nSPS) is 40.8. The molecule has 0 aromatic rings. The van der Waals surface area contributed by atoms with Gasteiger partial charge in [-0.2, -0.15) is 0 Å². The van der Waals surface area contributed by atoms with Gasteiger partial charge in [-0.3, -0.25) is 9.59 Å². The first kappa shape index (κ1) is 22.9. The molecule has 3 saturated carbocycles. The van der Waals surface area contributed by atoms with Gasteiger partial charge in [0, 0.05) is 24.0 Å². The third-order valence-electron chi connectivity index (χ3n) is 9.31. The lowest BCUT2D eigenvalue weighted by atomic mass is 9.46. The minimum Gasteiger partial charge on any atom is -0.478 e. The second-order valence-electron chi connectivity index (χ2n) is 10.5. The van der Waals surface area contributed by atoms with Crippen LogP contribution in [0.5, 0.6) is 0 Å². The molecule has 0 heterocycles. The average molecular weight is 445 g/mol. The monoisotopic (exact) mass is 444 g/mol. The maximum atomic E-state index is 13.0. The van der Waals surface area contributed by atoms with Crippen LogP contribution < -0.4 is 0 Å². The van der Waals surface area contributed by atoms with E-state index in [0.29, 0.717) is 43.6 Å². The fourth-order valence-electron chi connectivity index (χ4n) is 7.71. The van der Waals surface area contributed by atoms with Gasteiger partial charge in [0.1, 0.15) is 6.61 Å². The Labute approximate surface area is 187 Å². The smallest absolute Gasteiger partial charge is 0.332 e. The zero-order valence-electron chi connectivity index (χ0n) is 18.8. The number of allylic oxidation sites excluding steroid dienone is 1. The molecule has 32 heavy (non-hydrogen) atoms. The Morgan fingerprint density at radius 2 is 1.78 bits per heavy atom. The van der Waals surface area contributed by atoms with Gasteiger partial charge in [0.15, 0.2) is 11.4 Å². The molecular weight excluding hydrogens is 412 g/mol. The number of ether oxygens (including phenoxy) is 1. The molecular formula is C25H32O7. The van der Waals surface area contributed by atoms with E-state index in [4.69, 9.17) is 9.84 Å². The lowest BCUT2D eigenvalue weighted by Gasteiger charge is -2.59. The SMILES string of the molecule is C[C@]12CCC(=O)C=C1CC[C@@H]1[C@@H]2CC[C@@]2(C)[C@H]1CC[C@]2(OC(=O)/C=C\C(=O)O)C(=O)CO. The summed E-state index contributed by atoms with van der Waals surface area (Å²) in [5, 5.41) is 18.6. The molecule has 4 aliphatic carbocycles. The number of aliphatic carboxylic acids is 1. The highest BCUT2D eigenvalue weighted by molar-refractivity contribution is 5.96. The molecule has 0 aliphatic heterocycles. The number of ketones is 2. The fraction of sp³-hybridized carbons (Fsp3) is 0.680. The van der Waals surface area contributed by atoms with E-state index in [-0.39, 0.29) is 17.1 Å². The van der Waals surface area contributed by atoms with Crippen LogP contribution >= 0.6 is 0 Å². The summed E-state index contributed by atoms with van der Waals surface area (Å²) in [6, 6.07) is 0. The number of hydrogen-bond donors (Lipinski definition) is 2. The number of esters is 1. The summed E-state index contributed by atoms with van der Waals surface area (Å²) in [7, 11) is 0. The van der Waals surface area contributed by atoms with Gasteiger partial charge >= 0.3 is 11.9 Å². The quantitative estimate of drug-likeness (QED) is 0.494. The molecule has 4 aliphatic rings. The molecule has 0 unspecified atom stereocenters. The molecule has 3 fully saturated rings. The minimum atomic E-state index is -1.45. The Balaban J connectivity index is 1.66. The molecule has 6 atom stereocenters. The van der Waals surface area contributed by atoms with E-state index in [0.717, 1.165) is 31.8 Å². The minimum absolute atomic E-state index is 0.00863. The van der Waals surface area contributed by atoms with Crippen molar-refractivity contribution in [2.45, 2.75) is 70.8 Å². The van der Waals surface area contributed by atoms with Crippen LogP contribution in [-0.2, 0) is 23.9 Å². The molecule has 0 bridgehead atoms. The Kier molecular flexibility index (Phi) is 5.68. The van der Waals surface area contributed by atoms with Crippen molar-refractivity contribution in [1.82, 2.24) is 0 Å². The Hall–Kier alpha value is -2.28. The number of fused-ring (bicyclic) bond motifs is 5. The summed E-state index contributed by atoms with van der Waals surface area (Å²) in [6.07, 6.45) is 9.23. The number of Topliss-reactive ketones (excluding diaryl/α,β-unsaturated/α-hetero) is 1. The lowest BCUT2D eigenvalue weighted by Crippen LogP contribution is -2.59. The molecule has 0 saturated heterocycles. The van der Waals surface area contributed by atoms with Crippen molar-refractivity contribution in [3.63, 3.8) is 0 Å². The third kappa shape index (κ3) is 3.28. The number of carbonyl (C=O) groups is 4. The molecule has 0 amide bonds. The summed E-state index contributed by atoms with van der Waals surface area (Å²) < 4.78 is 5.75. The number of aliphatic hydroxyl groups is 1. The molecule has 174 valence electrons. The molecule has 0 spiro atoms. The maximum Gasteiger partial charge on any atom is 0.332 e. The Morgan fingerprint density at radius 1 is 1.06 bits per heavy atom. The molecule has 0 radical (unpaired) electrons. The van der Waals surface area contributed by atoms with Crippen LogP contribution in [-0.4, -0.2) is 45.9 Å². The molecule has 4 rings (SSSR count). The Morgan fingerprint density at radius 3 is 2.47 bits per heavy atom. The van der Waals surface area contributed by atoms with Crippen molar-refractivity contribution < 1.29 is 34.1 Å². The van der Waals surface area contributed by atoms with E-state index in [9.17, 15) is 24.3 Å². The van der Waals surface area contributed by atoms with Crippen molar-refractivity contribution in [3.05, 3.63) is 23.8 Å². The lowest BCUT2D eigenvalue weighted by molar-refractivity contribution is -0.187. The second-order valence-corrected chi connectivity index (χ2v) is 10.5. The first-order chi connectivity index (χ1) is 15.1. The zero-order chi connectivity index (χ0) is 23.3. The van der Waals surface area contributed by atoms with E-state index in [2.05, 4.69) is 6.92 Å². The van der Waals surface area contributed by atoms with E-state index < -0.39 is 35.3 Å². The molecule has 0 aromatic carbocycles. The second kappa shape index (κ2) is 7.94. The van der Waals surface area contributed by atoms with E-state index in [1.165, 1.54) is 5.57 Å². The van der Waals surface area contributed by atoms with Gasteiger partial charge < -0.3 is 14.9 Å². The van der Waals surface area contributed by atoms with Gasteiger partial charge in [-0.15, -0.1) is 0 Å². The topological polar surface area (TPSA) is 118 Å². The van der Waals surface area contributed by atoms with Crippen LogP contribution in [0.2, 0.25) is 0 Å². The summed E-state index contributed by atoms with van der Waals surface area (Å²) in [5.41, 5.74) is -0.815. The third-order valence-corrected chi connectivity index (χ3v) is 9.31. The van der Waals surface area contributed by atoms with Crippen LogP contribution in [0.1, 0.15) is 65.2 Å². The summed E-state index contributed by atoms with van der Waals surface area (Å²) >= 11 is 0. The zero-order valence-corrected chi connectivity index (χ0v) is 18.8. The summed E-state index contributed by atoms with van der Waals surface area (Å²) in [5.74, 6) is -1.52. The number of hydrogen-bond acceptors (Lipinski definition) is 6. The van der Waals surface area contributed by atoms with E-state index in [1.54, 1.807) is 0 Å². The molecule has 7 heteroatoms. The highest BCUT2D eigenvalue weighted by Gasteiger charge is 2.68. The summed E-state index contributed by atoms with van der Waals surface area (Å²) in [4.78, 5) is 48.3. The van der Waals surface area contributed by atoms with Gasteiger partial charge in [0.25, 0.3) is 0 Å². The number of aliphatic hydroxyl groups excluding tert-OH is 1. The number of rotatable bonds is 5. The standard InChI is InChI=1S/C25H32O7/c1-23-10-7-16(27)13-15(23)3-4-17-18(23)8-11-24(2)19(17)9-12-25(24,20(28)14-26)32-22(31)6-5-21(29)30/h5-6,13,17-19,26H,3-4,7-12,14H2,1-2H3,(H,29,30)/b6-5-/t17-,18+,19+,23+,24+,25+/m1/s1. The number of carbonyl (C=O) groups excluding carboxylic acids is 3. The molecule has 7 nitrogen and oxygen atoms in total. The predicted molar refractivity (Wildman–Crippen MR) is 114 cm³/mol. The first-order valence-electron chi connectivity index (χ1n) is 11.6. The van der Waals surface area contributed by atoms with Gasteiger partial charge in [-0.05, 0) is 74.2 Å². The highest BCUT2D eigenvalue weighted by atomic mass is 16.6. The van der Waals surface area contributed by atoms with Crippen LogP contribution in [0, 0.1) is 28.6 Å². The van der Waals surface area contributed by atoms with Crippen LogP contribution in [0.3, 0.4) is 0 Å². The Bertz CT molecular complexity index is 917. The van der Waals surface area contributed by atoms with Gasteiger partial charge in [-0.25, -0.2) is 9.59 Å². The van der Waals surface area contributed by atoms with Crippen LogP contribution in [0.15, 0.2) is 23.8 Å². The van der Waals surface area contributed by atoms with E-state index in [1.807, 2.05) is 13.0 Å². The van der Waals surface area contributed by atoms with Crippen molar-refractivity contribution in [2.24, 2.45) is 28.6 Å². The number of carboxylic acid groups (broad SMARTS) is 1. The largest absolute Gasteiger partial charge is 0.478 e. The van der Waals surface area contributed by atoms with Crippen molar-refractivity contribution >= 4 is 23.5 Å². The maximum absolute atomic E-state index is 13.0.